The van der Waals surface area contributed by atoms with E-state index in [1.54, 1.807) is 6.92 Å². The van der Waals surface area contributed by atoms with E-state index >= 15 is 0 Å². The minimum atomic E-state index is -1.83. The summed E-state index contributed by atoms with van der Waals surface area (Å²) in [5, 5.41) is 13.9. The Morgan fingerprint density at radius 3 is 2.15 bits per heavy atom. The standard InChI is InChI=1S/C6H10O3.CH2O3/c1-3-5-9-6(7)8-4-2;2-1(3)4/h3H,1,4-5H2,2H3;(H2,2,3,4). The van der Waals surface area contributed by atoms with Gasteiger partial charge in [-0.1, -0.05) is 12.7 Å². The Morgan fingerprint density at radius 1 is 1.38 bits per heavy atom. The van der Waals surface area contributed by atoms with E-state index in [0.29, 0.717) is 6.61 Å². The second-order valence-corrected chi connectivity index (χ2v) is 1.57. The van der Waals surface area contributed by atoms with Crippen LogP contribution in [0.3, 0.4) is 0 Å². The van der Waals surface area contributed by atoms with Gasteiger partial charge in [0.1, 0.15) is 6.61 Å². The first-order chi connectivity index (χ1) is 6.04. The van der Waals surface area contributed by atoms with Crippen LogP contribution in [0.5, 0.6) is 0 Å². The van der Waals surface area contributed by atoms with Gasteiger partial charge < -0.3 is 19.7 Å². The van der Waals surface area contributed by atoms with Crippen molar-refractivity contribution in [3.63, 3.8) is 0 Å². The molecule has 0 bridgehead atoms. The smallest absolute Gasteiger partial charge is 0.450 e. The third kappa shape index (κ3) is 25.3. The van der Waals surface area contributed by atoms with Crippen LogP contribution in [0.1, 0.15) is 6.92 Å². The molecule has 0 amide bonds. The van der Waals surface area contributed by atoms with Gasteiger partial charge in [0.2, 0.25) is 0 Å². The molecule has 0 aromatic rings. The van der Waals surface area contributed by atoms with Gasteiger partial charge in [0.05, 0.1) is 6.61 Å². The van der Waals surface area contributed by atoms with Gasteiger partial charge in [-0.25, -0.2) is 9.59 Å². The Morgan fingerprint density at radius 2 is 1.85 bits per heavy atom. The van der Waals surface area contributed by atoms with Crippen LogP contribution in [-0.4, -0.2) is 35.7 Å². The lowest BCUT2D eigenvalue weighted by atomic mass is 10.7. The van der Waals surface area contributed by atoms with Gasteiger partial charge in [-0.2, -0.15) is 0 Å². The molecule has 2 N–H and O–H groups in total. The molecule has 0 saturated heterocycles. The third-order valence-electron chi connectivity index (χ3n) is 0.581. The molecule has 0 radical (unpaired) electrons. The zero-order valence-corrected chi connectivity index (χ0v) is 7.23. The van der Waals surface area contributed by atoms with Gasteiger partial charge in [-0.15, -0.1) is 0 Å². The average Bonchev–Trinajstić information content (AvgIpc) is 2.00. The first-order valence-corrected chi connectivity index (χ1v) is 3.36. The van der Waals surface area contributed by atoms with E-state index in [1.165, 1.54) is 6.08 Å². The van der Waals surface area contributed by atoms with E-state index in [0.717, 1.165) is 0 Å². The van der Waals surface area contributed by atoms with Gasteiger partial charge in [0, 0.05) is 0 Å². The Balaban J connectivity index is 0. The van der Waals surface area contributed by atoms with E-state index in [-0.39, 0.29) is 6.61 Å². The summed E-state index contributed by atoms with van der Waals surface area (Å²) in [7, 11) is 0. The highest BCUT2D eigenvalue weighted by atomic mass is 16.7. The second-order valence-electron chi connectivity index (χ2n) is 1.57. The van der Waals surface area contributed by atoms with Crippen LogP contribution in [0, 0.1) is 0 Å². The summed E-state index contributed by atoms with van der Waals surface area (Å²) in [4.78, 5) is 18.9. The molecular formula is C7H12O6. The van der Waals surface area contributed by atoms with E-state index in [4.69, 9.17) is 15.0 Å². The predicted octanol–water partition coefficient (Wildman–Crippen LogP) is 1.57. The molecule has 0 heterocycles. The lowest BCUT2D eigenvalue weighted by molar-refractivity contribution is 0.0673. The van der Waals surface area contributed by atoms with Crippen LogP contribution in [0.2, 0.25) is 0 Å². The van der Waals surface area contributed by atoms with Crippen molar-refractivity contribution in [1.29, 1.82) is 0 Å². The number of carboxylic acid groups (broad SMARTS) is 2. The average molecular weight is 192 g/mol. The molecule has 0 aliphatic rings. The molecule has 0 atom stereocenters. The molecular weight excluding hydrogens is 180 g/mol. The van der Waals surface area contributed by atoms with Crippen molar-refractivity contribution in [2.45, 2.75) is 6.92 Å². The topological polar surface area (TPSA) is 93.1 Å². The third-order valence-corrected chi connectivity index (χ3v) is 0.581. The molecule has 76 valence electrons. The molecule has 0 rings (SSSR count). The largest absolute Gasteiger partial charge is 0.508 e. The van der Waals surface area contributed by atoms with E-state index in [2.05, 4.69) is 16.1 Å². The van der Waals surface area contributed by atoms with Crippen molar-refractivity contribution in [2.24, 2.45) is 0 Å². The Kier molecular flexibility index (Phi) is 10.9. The van der Waals surface area contributed by atoms with Crippen LogP contribution in [0.4, 0.5) is 9.59 Å². The van der Waals surface area contributed by atoms with Gasteiger partial charge in [0.25, 0.3) is 0 Å². The second kappa shape index (κ2) is 10.3. The lowest BCUT2D eigenvalue weighted by Crippen LogP contribution is -2.06. The van der Waals surface area contributed by atoms with Crippen molar-refractivity contribution in [3.8, 4) is 0 Å². The van der Waals surface area contributed by atoms with Crippen molar-refractivity contribution >= 4 is 12.3 Å². The zero-order chi connectivity index (χ0) is 10.7. The van der Waals surface area contributed by atoms with E-state index in [9.17, 15) is 4.79 Å². The summed E-state index contributed by atoms with van der Waals surface area (Å²) in [5.74, 6) is 0. The number of rotatable bonds is 3. The SMILES string of the molecule is C=CCOC(=O)OCC.O=C(O)O. The summed E-state index contributed by atoms with van der Waals surface area (Å²) in [6, 6.07) is 0. The fraction of sp³-hybridized carbons (Fsp3) is 0.429. The van der Waals surface area contributed by atoms with Crippen molar-refractivity contribution in [2.75, 3.05) is 13.2 Å². The summed E-state index contributed by atoms with van der Waals surface area (Å²) < 4.78 is 8.89. The van der Waals surface area contributed by atoms with E-state index < -0.39 is 12.3 Å². The molecule has 0 fully saturated rings. The maximum Gasteiger partial charge on any atom is 0.508 e. The summed E-state index contributed by atoms with van der Waals surface area (Å²) >= 11 is 0. The summed E-state index contributed by atoms with van der Waals surface area (Å²) in [6.07, 6.45) is -0.992. The highest BCUT2D eigenvalue weighted by molar-refractivity contribution is 5.59. The molecule has 0 unspecified atom stereocenters. The first-order valence-electron chi connectivity index (χ1n) is 3.36. The molecule has 13 heavy (non-hydrogen) atoms. The summed E-state index contributed by atoms with van der Waals surface area (Å²) in [6.45, 7) is 5.63. The number of carbonyl (C=O) groups is 2. The van der Waals surface area contributed by atoms with E-state index in [1.807, 2.05) is 0 Å². The molecule has 0 spiro atoms. The Labute approximate surface area is 75.4 Å². The molecule has 6 heteroatoms. The van der Waals surface area contributed by atoms with Crippen LogP contribution in [0.25, 0.3) is 0 Å². The molecule has 0 aliphatic carbocycles. The quantitative estimate of drug-likeness (QED) is 0.520. The van der Waals surface area contributed by atoms with Crippen LogP contribution >= 0.6 is 0 Å². The zero-order valence-electron chi connectivity index (χ0n) is 7.23. The molecule has 0 aliphatic heterocycles. The lowest BCUT2D eigenvalue weighted by Gasteiger charge is -1.99. The minimum absolute atomic E-state index is 0.207. The molecule has 0 aromatic carbocycles. The maximum absolute atomic E-state index is 10.3. The fourth-order valence-corrected chi connectivity index (χ4v) is 0.286. The van der Waals surface area contributed by atoms with Crippen LogP contribution in [-0.2, 0) is 9.47 Å². The fourth-order valence-electron chi connectivity index (χ4n) is 0.286. The highest BCUT2D eigenvalue weighted by Crippen LogP contribution is 1.83. The molecule has 0 aromatic heterocycles. The van der Waals surface area contributed by atoms with Crippen molar-refractivity contribution < 1.29 is 29.3 Å². The maximum atomic E-state index is 10.3. The summed E-state index contributed by atoms with van der Waals surface area (Å²) in [5.41, 5.74) is 0. The minimum Gasteiger partial charge on any atom is -0.450 e. The van der Waals surface area contributed by atoms with Gasteiger partial charge in [-0.3, -0.25) is 0 Å². The Hall–Kier alpha value is -1.72. The normalized spacial score (nSPS) is 7.46. The molecule has 6 nitrogen and oxygen atoms in total. The van der Waals surface area contributed by atoms with Crippen LogP contribution < -0.4 is 0 Å². The number of carbonyl (C=O) groups excluding carboxylic acids is 1. The van der Waals surface area contributed by atoms with Gasteiger partial charge >= 0.3 is 12.3 Å². The van der Waals surface area contributed by atoms with Crippen LogP contribution in [0.15, 0.2) is 12.7 Å². The highest BCUT2D eigenvalue weighted by Gasteiger charge is 1.96. The first kappa shape index (κ1) is 13.8. The Bertz CT molecular complexity index is 160. The van der Waals surface area contributed by atoms with Crippen molar-refractivity contribution in [1.82, 2.24) is 0 Å². The number of hydrogen-bond acceptors (Lipinski definition) is 4. The van der Waals surface area contributed by atoms with Crippen molar-refractivity contribution in [3.05, 3.63) is 12.7 Å². The number of hydrogen-bond donors (Lipinski definition) is 2. The number of ether oxygens (including phenoxy) is 2. The monoisotopic (exact) mass is 192 g/mol. The predicted molar refractivity (Wildman–Crippen MR) is 43.8 cm³/mol. The molecule has 0 saturated carbocycles. The van der Waals surface area contributed by atoms with Gasteiger partial charge in [-0.05, 0) is 6.92 Å². The van der Waals surface area contributed by atoms with Gasteiger partial charge in [0.15, 0.2) is 0 Å².